The van der Waals surface area contributed by atoms with Gasteiger partial charge in [-0.05, 0) is 44.0 Å². The van der Waals surface area contributed by atoms with Gasteiger partial charge >= 0.3 is 0 Å². The molecule has 2 aromatic rings. The fraction of sp³-hybridized carbons (Fsp3) is 0.364. The zero-order chi connectivity index (χ0) is 20.5. The quantitative estimate of drug-likeness (QED) is 0.594. The zero-order valence-corrected chi connectivity index (χ0v) is 19.0. The SMILES string of the molecule is CCNC(=O)[C@@H](C)N(Cc1cccc(C)c1)C(=O)CSCc1ccc(Br)cc1. The molecule has 0 aliphatic carbocycles. The Morgan fingerprint density at radius 1 is 1.14 bits per heavy atom. The summed E-state index contributed by atoms with van der Waals surface area (Å²) in [6.07, 6.45) is 0. The summed E-state index contributed by atoms with van der Waals surface area (Å²) in [4.78, 5) is 27.0. The standard InChI is InChI=1S/C22H27BrN2O2S/c1-4-24-22(27)17(3)25(13-19-7-5-6-16(2)12-19)21(26)15-28-14-18-8-10-20(23)11-9-18/h5-12,17H,4,13-15H2,1-3H3,(H,24,27)/t17-/m1/s1. The fourth-order valence-corrected chi connectivity index (χ4v) is 3.97. The van der Waals surface area contributed by atoms with Crippen molar-refractivity contribution in [2.75, 3.05) is 12.3 Å². The van der Waals surface area contributed by atoms with Gasteiger partial charge in [0.05, 0.1) is 5.75 Å². The average Bonchev–Trinajstić information content (AvgIpc) is 2.67. The van der Waals surface area contributed by atoms with E-state index in [-0.39, 0.29) is 11.8 Å². The van der Waals surface area contributed by atoms with Gasteiger partial charge in [-0.25, -0.2) is 0 Å². The molecular weight excluding hydrogens is 436 g/mol. The summed E-state index contributed by atoms with van der Waals surface area (Å²) in [5.74, 6) is 0.946. The molecule has 2 amide bonds. The van der Waals surface area contributed by atoms with Crippen LogP contribution in [-0.4, -0.2) is 35.1 Å². The second-order valence-corrected chi connectivity index (χ2v) is 8.60. The first-order valence-electron chi connectivity index (χ1n) is 9.35. The number of rotatable bonds is 9. The highest BCUT2D eigenvalue weighted by atomic mass is 79.9. The number of thioether (sulfide) groups is 1. The lowest BCUT2D eigenvalue weighted by atomic mass is 10.1. The maximum atomic E-state index is 12.9. The van der Waals surface area contributed by atoms with E-state index in [0.717, 1.165) is 21.4 Å². The molecule has 150 valence electrons. The monoisotopic (exact) mass is 462 g/mol. The first kappa shape index (κ1) is 22.5. The van der Waals surface area contributed by atoms with Crippen LogP contribution >= 0.6 is 27.7 Å². The third-order valence-electron chi connectivity index (χ3n) is 4.36. The molecule has 0 aromatic heterocycles. The van der Waals surface area contributed by atoms with Gasteiger partial charge < -0.3 is 10.2 Å². The highest BCUT2D eigenvalue weighted by Crippen LogP contribution is 2.18. The lowest BCUT2D eigenvalue weighted by molar-refractivity contribution is -0.138. The smallest absolute Gasteiger partial charge is 0.242 e. The van der Waals surface area contributed by atoms with E-state index in [4.69, 9.17) is 0 Å². The molecule has 0 bridgehead atoms. The highest BCUT2D eigenvalue weighted by molar-refractivity contribution is 9.10. The van der Waals surface area contributed by atoms with Crippen LogP contribution in [0.4, 0.5) is 0 Å². The Labute approximate surface area is 180 Å². The number of amides is 2. The first-order chi connectivity index (χ1) is 13.4. The predicted octanol–water partition coefficient (Wildman–Crippen LogP) is 4.54. The Balaban J connectivity index is 2.04. The van der Waals surface area contributed by atoms with E-state index in [1.165, 1.54) is 5.56 Å². The number of nitrogens with zero attached hydrogens (tertiary/aromatic N) is 1. The highest BCUT2D eigenvalue weighted by Gasteiger charge is 2.25. The molecular formula is C22H27BrN2O2S. The van der Waals surface area contributed by atoms with Gasteiger partial charge in [0.2, 0.25) is 11.8 Å². The van der Waals surface area contributed by atoms with Gasteiger partial charge in [0, 0.05) is 23.3 Å². The summed E-state index contributed by atoms with van der Waals surface area (Å²) in [5.41, 5.74) is 3.34. The van der Waals surface area contributed by atoms with Crippen molar-refractivity contribution in [3.8, 4) is 0 Å². The zero-order valence-electron chi connectivity index (χ0n) is 16.6. The first-order valence-corrected chi connectivity index (χ1v) is 11.3. The van der Waals surface area contributed by atoms with E-state index in [2.05, 4.69) is 27.3 Å². The van der Waals surface area contributed by atoms with Crippen LogP contribution in [0, 0.1) is 6.92 Å². The Bertz CT molecular complexity index is 795. The predicted molar refractivity (Wildman–Crippen MR) is 120 cm³/mol. The molecule has 0 spiro atoms. The summed E-state index contributed by atoms with van der Waals surface area (Å²) in [5, 5.41) is 2.82. The van der Waals surface area contributed by atoms with E-state index in [9.17, 15) is 9.59 Å². The van der Waals surface area contributed by atoms with Gasteiger partial charge in [0.1, 0.15) is 6.04 Å². The summed E-state index contributed by atoms with van der Waals surface area (Å²) in [7, 11) is 0. The molecule has 1 N–H and O–H groups in total. The number of nitrogens with one attached hydrogen (secondary N) is 1. The van der Waals surface area contributed by atoms with Crippen molar-refractivity contribution in [2.24, 2.45) is 0 Å². The van der Waals surface area contributed by atoms with Crippen LogP contribution < -0.4 is 5.32 Å². The maximum absolute atomic E-state index is 12.9. The Hall–Kier alpha value is -1.79. The van der Waals surface area contributed by atoms with Gasteiger partial charge in [-0.3, -0.25) is 9.59 Å². The van der Waals surface area contributed by atoms with Gasteiger partial charge in [-0.2, -0.15) is 0 Å². The average molecular weight is 463 g/mol. The number of carbonyl (C=O) groups excluding carboxylic acids is 2. The summed E-state index contributed by atoms with van der Waals surface area (Å²) >= 11 is 5.00. The molecule has 2 rings (SSSR count). The molecule has 1 atom stereocenters. The van der Waals surface area contributed by atoms with E-state index < -0.39 is 6.04 Å². The van der Waals surface area contributed by atoms with Crippen LogP contribution in [0.1, 0.15) is 30.5 Å². The van der Waals surface area contributed by atoms with Crippen LogP contribution in [-0.2, 0) is 21.9 Å². The number of likely N-dealkylation sites (N-methyl/N-ethyl adjacent to an activating group) is 1. The molecule has 0 saturated carbocycles. The van der Waals surface area contributed by atoms with Crippen molar-refractivity contribution in [3.05, 3.63) is 69.7 Å². The minimum absolute atomic E-state index is 0.0256. The number of halogens is 1. The number of benzene rings is 2. The third-order valence-corrected chi connectivity index (χ3v) is 5.88. The van der Waals surface area contributed by atoms with Gasteiger partial charge in [-0.1, -0.05) is 57.9 Å². The largest absolute Gasteiger partial charge is 0.355 e. The van der Waals surface area contributed by atoms with Crippen molar-refractivity contribution in [3.63, 3.8) is 0 Å². The summed E-state index contributed by atoms with van der Waals surface area (Å²) in [6.45, 7) is 6.67. The molecule has 0 radical (unpaired) electrons. The minimum Gasteiger partial charge on any atom is -0.355 e. The molecule has 0 aliphatic heterocycles. The van der Waals surface area contributed by atoms with Crippen LogP contribution in [0.15, 0.2) is 53.0 Å². The van der Waals surface area contributed by atoms with Crippen molar-refractivity contribution in [1.29, 1.82) is 0 Å². The molecule has 0 fully saturated rings. The Morgan fingerprint density at radius 2 is 1.86 bits per heavy atom. The van der Waals surface area contributed by atoms with Gasteiger partial charge in [-0.15, -0.1) is 11.8 Å². The second kappa shape index (κ2) is 11.3. The molecule has 2 aromatic carbocycles. The van der Waals surface area contributed by atoms with E-state index in [0.29, 0.717) is 18.8 Å². The number of aryl methyl sites for hydroxylation is 1. The van der Waals surface area contributed by atoms with Gasteiger partial charge in [0.25, 0.3) is 0 Å². The topological polar surface area (TPSA) is 49.4 Å². The van der Waals surface area contributed by atoms with Crippen molar-refractivity contribution >= 4 is 39.5 Å². The molecule has 0 aliphatic rings. The van der Waals surface area contributed by atoms with Crippen LogP contribution in [0.5, 0.6) is 0 Å². The molecule has 0 saturated heterocycles. The normalized spacial score (nSPS) is 11.7. The van der Waals surface area contributed by atoms with E-state index in [1.54, 1.807) is 23.6 Å². The molecule has 0 unspecified atom stereocenters. The van der Waals surface area contributed by atoms with Crippen molar-refractivity contribution < 1.29 is 9.59 Å². The Kier molecular flexibility index (Phi) is 9.06. The van der Waals surface area contributed by atoms with Crippen LogP contribution in [0.3, 0.4) is 0 Å². The van der Waals surface area contributed by atoms with Crippen LogP contribution in [0.2, 0.25) is 0 Å². The lowest BCUT2D eigenvalue weighted by Crippen LogP contribution is -2.48. The summed E-state index contributed by atoms with van der Waals surface area (Å²) in [6, 6.07) is 15.6. The second-order valence-electron chi connectivity index (χ2n) is 6.70. The maximum Gasteiger partial charge on any atom is 0.242 e. The molecule has 0 heterocycles. The van der Waals surface area contributed by atoms with Crippen LogP contribution in [0.25, 0.3) is 0 Å². The molecule has 4 nitrogen and oxygen atoms in total. The van der Waals surface area contributed by atoms with E-state index >= 15 is 0 Å². The van der Waals surface area contributed by atoms with E-state index in [1.807, 2.05) is 56.3 Å². The van der Waals surface area contributed by atoms with Crippen molar-refractivity contribution in [2.45, 2.75) is 39.1 Å². The number of hydrogen-bond acceptors (Lipinski definition) is 3. The third kappa shape index (κ3) is 6.99. The number of carbonyl (C=O) groups is 2. The fourth-order valence-electron chi connectivity index (χ4n) is 2.83. The molecule has 28 heavy (non-hydrogen) atoms. The summed E-state index contributed by atoms with van der Waals surface area (Å²) < 4.78 is 1.04. The van der Waals surface area contributed by atoms with Gasteiger partial charge in [0.15, 0.2) is 0 Å². The Morgan fingerprint density at radius 3 is 2.50 bits per heavy atom. The minimum atomic E-state index is -0.513. The number of hydrogen-bond donors (Lipinski definition) is 1. The molecule has 6 heteroatoms. The lowest BCUT2D eigenvalue weighted by Gasteiger charge is -2.28. The van der Waals surface area contributed by atoms with Crippen molar-refractivity contribution in [1.82, 2.24) is 10.2 Å².